The summed E-state index contributed by atoms with van der Waals surface area (Å²) < 4.78 is 1.64. The molecule has 1 N–H and O–H groups in total. The highest BCUT2D eigenvalue weighted by atomic mass is 16.1. The molecule has 4 nitrogen and oxygen atoms in total. The minimum Gasteiger partial charge on any atom is -0.314 e. The normalized spacial score (nSPS) is 10.9. The number of hydrogen-bond acceptors (Lipinski definition) is 3. The Morgan fingerprint density at radius 2 is 2.36 bits per heavy atom. The maximum atomic E-state index is 11.5. The van der Waals surface area contributed by atoms with E-state index in [0.29, 0.717) is 18.0 Å². The molecule has 0 atom stereocenters. The third kappa shape index (κ3) is 3.30. The van der Waals surface area contributed by atoms with Gasteiger partial charge in [-0.15, -0.1) is 0 Å². The molecule has 0 fully saturated rings. The summed E-state index contributed by atoms with van der Waals surface area (Å²) >= 11 is 0. The summed E-state index contributed by atoms with van der Waals surface area (Å²) in [7, 11) is 1.81. The van der Waals surface area contributed by atoms with E-state index in [1.54, 1.807) is 17.1 Å². The Labute approximate surface area is 84.3 Å². The van der Waals surface area contributed by atoms with Gasteiger partial charge in [0.15, 0.2) is 5.78 Å². The van der Waals surface area contributed by atoms with Gasteiger partial charge in [0, 0.05) is 32.3 Å². The Balaban J connectivity index is 2.36. The van der Waals surface area contributed by atoms with E-state index in [9.17, 15) is 4.79 Å². The van der Waals surface area contributed by atoms with Gasteiger partial charge in [-0.2, -0.15) is 5.10 Å². The molecule has 0 radical (unpaired) electrons. The number of rotatable bonds is 5. The van der Waals surface area contributed by atoms with Crippen LogP contribution < -0.4 is 5.32 Å². The number of hydrogen-bond donors (Lipinski definition) is 1. The quantitative estimate of drug-likeness (QED) is 0.713. The van der Waals surface area contributed by atoms with Crippen molar-refractivity contribution in [3.8, 4) is 0 Å². The zero-order chi connectivity index (χ0) is 10.6. The summed E-state index contributed by atoms with van der Waals surface area (Å²) in [6.45, 7) is 4.86. The lowest BCUT2D eigenvalue weighted by Gasteiger charge is -2.05. The van der Waals surface area contributed by atoms with E-state index in [0.717, 1.165) is 6.54 Å². The summed E-state index contributed by atoms with van der Waals surface area (Å²) in [4.78, 5) is 11.5. The monoisotopic (exact) mass is 195 g/mol. The molecule has 0 aliphatic rings. The number of carbonyl (C=O) groups excluding carboxylic acids is 1. The molecule has 1 aromatic heterocycles. The third-order valence-corrected chi connectivity index (χ3v) is 1.93. The van der Waals surface area contributed by atoms with Gasteiger partial charge in [0.1, 0.15) is 0 Å². The first-order valence-corrected chi connectivity index (χ1v) is 4.85. The summed E-state index contributed by atoms with van der Waals surface area (Å²) in [6.07, 6.45) is 3.89. The molecule has 0 amide bonds. The molecule has 1 rings (SSSR count). The molecule has 0 saturated carbocycles. The zero-order valence-electron chi connectivity index (χ0n) is 8.95. The highest BCUT2D eigenvalue weighted by molar-refractivity contribution is 5.95. The molecule has 1 heterocycles. The predicted molar refractivity (Wildman–Crippen MR) is 55.3 cm³/mol. The Kier molecular flexibility index (Phi) is 3.83. The lowest BCUT2D eigenvalue weighted by molar-refractivity contribution is 0.0982. The van der Waals surface area contributed by atoms with Gasteiger partial charge in [0.2, 0.25) is 0 Å². The SMILES string of the molecule is CC(C)NCCC(=O)c1cnn(C)c1. The maximum absolute atomic E-state index is 11.5. The second-order valence-electron chi connectivity index (χ2n) is 3.68. The van der Waals surface area contributed by atoms with Crippen LogP contribution in [-0.2, 0) is 7.05 Å². The van der Waals surface area contributed by atoms with Crippen molar-refractivity contribution in [2.45, 2.75) is 26.3 Å². The van der Waals surface area contributed by atoms with Crippen LogP contribution >= 0.6 is 0 Å². The van der Waals surface area contributed by atoms with Crippen molar-refractivity contribution in [1.82, 2.24) is 15.1 Å². The fraction of sp³-hybridized carbons (Fsp3) is 0.600. The molecule has 0 unspecified atom stereocenters. The lowest BCUT2D eigenvalue weighted by Crippen LogP contribution is -2.25. The van der Waals surface area contributed by atoms with E-state index in [-0.39, 0.29) is 5.78 Å². The lowest BCUT2D eigenvalue weighted by atomic mass is 10.2. The standard InChI is InChI=1S/C10H17N3O/c1-8(2)11-5-4-10(14)9-6-12-13(3)7-9/h6-8,11H,4-5H2,1-3H3. The molecular weight excluding hydrogens is 178 g/mol. The molecule has 4 heteroatoms. The van der Waals surface area contributed by atoms with Crippen molar-refractivity contribution >= 4 is 5.78 Å². The van der Waals surface area contributed by atoms with Crippen LogP contribution in [0.4, 0.5) is 0 Å². The largest absolute Gasteiger partial charge is 0.314 e. The van der Waals surface area contributed by atoms with E-state index < -0.39 is 0 Å². The van der Waals surface area contributed by atoms with Gasteiger partial charge >= 0.3 is 0 Å². The van der Waals surface area contributed by atoms with Crippen LogP contribution in [0, 0.1) is 0 Å². The number of aromatic nitrogens is 2. The molecule has 0 spiro atoms. The highest BCUT2D eigenvalue weighted by Gasteiger charge is 2.07. The van der Waals surface area contributed by atoms with Gasteiger partial charge in [0.25, 0.3) is 0 Å². The van der Waals surface area contributed by atoms with Gasteiger partial charge in [-0.05, 0) is 0 Å². The first-order valence-electron chi connectivity index (χ1n) is 4.85. The van der Waals surface area contributed by atoms with Crippen molar-refractivity contribution in [3.63, 3.8) is 0 Å². The van der Waals surface area contributed by atoms with Crippen LogP contribution in [0.3, 0.4) is 0 Å². The van der Waals surface area contributed by atoms with Gasteiger partial charge in [-0.3, -0.25) is 9.48 Å². The van der Waals surface area contributed by atoms with E-state index >= 15 is 0 Å². The smallest absolute Gasteiger partial charge is 0.167 e. The van der Waals surface area contributed by atoms with Crippen molar-refractivity contribution < 1.29 is 4.79 Å². The van der Waals surface area contributed by atoms with Gasteiger partial charge in [0.05, 0.1) is 11.8 Å². The van der Waals surface area contributed by atoms with Crippen LogP contribution in [0.5, 0.6) is 0 Å². The molecule has 0 bridgehead atoms. The molecule has 0 saturated heterocycles. The van der Waals surface area contributed by atoms with E-state index in [1.807, 2.05) is 7.05 Å². The molecule has 78 valence electrons. The van der Waals surface area contributed by atoms with E-state index in [2.05, 4.69) is 24.3 Å². The van der Waals surface area contributed by atoms with Crippen molar-refractivity contribution in [2.75, 3.05) is 6.54 Å². The topological polar surface area (TPSA) is 46.9 Å². The van der Waals surface area contributed by atoms with Gasteiger partial charge in [-0.1, -0.05) is 13.8 Å². The average Bonchev–Trinajstić information content (AvgIpc) is 2.51. The van der Waals surface area contributed by atoms with Crippen LogP contribution in [0.15, 0.2) is 12.4 Å². The molecule has 0 aliphatic heterocycles. The Morgan fingerprint density at radius 3 is 2.86 bits per heavy atom. The number of ketones is 1. The number of nitrogens with zero attached hydrogens (tertiary/aromatic N) is 2. The van der Waals surface area contributed by atoms with E-state index in [1.165, 1.54) is 0 Å². The summed E-state index contributed by atoms with van der Waals surface area (Å²) in [5, 5.41) is 7.16. The number of Topliss-reactive ketones (excluding diaryl/α,β-unsaturated/α-hetero) is 1. The average molecular weight is 195 g/mol. The summed E-state index contributed by atoms with van der Waals surface area (Å²) in [5.41, 5.74) is 0.693. The maximum Gasteiger partial charge on any atom is 0.167 e. The third-order valence-electron chi connectivity index (χ3n) is 1.93. The molecule has 0 aliphatic carbocycles. The summed E-state index contributed by atoms with van der Waals surface area (Å²) in [6, 6.07) is 0.427. The van der Waals surface area contributed by atoms with Crippen LogP contribution in [-0.4, -0.2) is 28.2 Å². The molecule has 0 aromatic carbocycles. The number of nitrogens with one attached hydrogen (secondary N) is 1. The van der Waals surface area contributed by atoms with Crippen molar-refractivity contribution in [3.05, 3.63) is 18.0 Å². The molecule has 1 aromatic rings. The van der Waals surface area contributed by atoms with Crippen molar-refractivity contribution in [2.24, 2.45) is 7.05 Å². The highest BCUT2D eigenvalue weighted by Crippen LogP contribution is 2.00. The first-order chi connectivity index (χ1) is 6.59. The molecular formula is C10H17N3O. The predicted octanol–water partition coefficient (Wildman–Crippen LogP) is 0.991. The van der Waals surface area contributed by atoms with Gasteiger partial charge < -0.3 is 5.32 Å². The van der Waals surface area contributed by atoms with Crippen LogP contribution in [0.2, 0.25) is 0 Å². The van der Waals surface area contributed by atoms with Gasteiger partial charge in [-0.25, -0.2) is 0 Å². The van der Waals surface area contributed by atoms with Crippen LogP contribution in [0.1, 0.15) is 30.6 Å². The number of aryl methyl sites for hydroxylation is 1. The fourth-order valence-corrected chi connectivity index (χ4v) is 1.18. The van der Waals surface area contributed by atoms with Crippen LogP contribution in [0.25, 0.3) is 0 Å². The number of carbonyl (C=O) groups is 1. The Morgan fingerprint density at radius 1 is 1.64 bits per heavy atom. The Bertz CT molecular complexity index is 304. The summed E-state index contributed by atoms with van der Waals surface area (Å²) in [5.74, 6) is 0.145. The zero-order valence-corrected chi connectivity index (χ0v) is 8.95. The first kappa shape index (κ1) is 10.9. The fourth-order valence-electron chi connectivity index (χ4n) is 1.18. The second-order valence-corrected chi connectivity index (χ2v) is 3.68. The minimum atomic E-state index is 0.145. The van der Waals surface area contributed by atoms with E-state index in [4.69, 9.17) is 0 Å². The minimum absolute atomic E-state index is 0.145. The van der Waals surface area contributed by atoms with Crippen molar-refractivity contribution in [1.29, 1.82) is 0 Å². The molecule has 14 heavy (non-hydrogen) atoms. The Hall–Kier alpha value is -1.16. The second kappa shape index (κ2) is 4.91.